The van der Waals surface area contributed by atoms with E-state index in [4.69, 9.17) is 4.42 Å². The zero-order valence-electron chi connectivity index (χ0n) is 18.6. The van der Waals surface area contributed by atoms with Gasteiger partial charge in [0.25, 0.3) is 0 Å². The Kier molecular flexibility index (Phi) is 10.7. The minimum Gasteiger partial charge on any atom is -0.443 e. The highest BCUT2D eigenvalue weighted by atomic mass is 127. The maximum Gasteiger partial charge on any atom is 0.213 e. The third-order valence-electron chi connectivity index (χ3n) is 4.68. The number of hydrogen-bond donors (Lipinski definition) is 2. The van der Waals surface area contributed by atoms with Crippen LogP contribution >= 0.6 is 24.0 Å². The Labute approximate surface area is 192 Å². The number of nitrogens with zero attached hydrogens (tertiary/aromatic N) is 3. The predicted octanol–water partition coefficient (Wildman–Crippen LogP) is 4.30. The van der Waals surface area contributed by atoms with Gasteiger partial charge in [-0.05, 0) is 24.2 Å². The molecule has 0 radical (unpaired) electrons. The molecule has 0 aliphatic rings. The Balaban J connectivity index is 0.00000420. The largest absolute Gasteiger partial charge is 0.443 e. The molecule has 0 amide bonds. The monoisotopic (exact) mass is 513 g/mol. The lowest BCUT2D eigenvalue weighted by Crippen LogP contribution is -2.36. The summed E-state index contributed by atoms with van der Waals surface area (Å²) < 4.78 is 5.82. The molecular formula is C22H36IN5O. The first-order valence-corrected chi connectivity index (χ1v) is 10.1. The molecule has 0 saturated heterocycles. The fraction of sp³-hybridized carbons (Fsp3) is 0.545. The zero-order chi connectivity index (χ0) is 20.6. The van der Waals surface area contributed by atoms with Gasteiger partial charge in [-0.3, -0.25) is 9.89 Å². The van der Waals surface area contributed by atoms with Gasteiger partial charge in [0.15, 0.2) is 5.96 Å². The number of guanidine groups is 1. The van der Waals surface area contributed by atoms with Gasteiger partial charge in [0.05, 0.1) is 12.7 Å². The molecule has 0 unspecified atom stereocenters. The summed E-state index contributed by atoms with van der Waals surface area (Å²) in [4.78, 5) is 11.0. The van der Waals surface area contributed by atoms with Crippen LogP contribution in [0.2, 0.25) is 0 Å². The van der Waals surface area contributed by atoms with Crippen molar-refractivity contribution in [3.8, 4) is 0 Å². The second kappa shape index (κ2) is 12.2. The summed E-state index contributed by atoms with van der Waals surface area (Å²) in [5, 5.41) is 6.62. The molecule has 0 saturated carbocycles. The summed E-state index contributed by atoms with van der Waals surface area (Å²) in [6.07, 6.45) is 1.80. The molecule has 7 heteroatoms. The Morgan fingerprint density at radius 2 is 1.76 bits per heavy atom. The molecule has 1 aromatic carbocycles. The van der Waals surface area contributed by atoms with Crippen LogP contribution < -0.4 is 10.6 Å². The molecule has 2 aromatic rings. The molecule has 1 aromatic heterocycles. The SMILES string of the molecule is CCN(CC)Cc1cccc(CNC(=NC)NCc2ncc(C(C)(C)C)o2)c1.I. The van der Waals surface area contributed by atoms with Crippen molar-refractivity contribution in [2.24, 2.45) is 4.99 Å². The van der Waals surface area contributed by atoms with E-state index in [-0.39, 0.29) is 29.4 Å². The van der Waals surface area contributed by atoms with E-state index in [9.17, 15) is 0 Å². The van der Waals surface area contributed by atoms with Crippen molar-refractivity contribution in [3.63, 3.8) is 0 Å². The molecule has 0 aliphatic heterocycles. The lowest BCUT2D eigenvalue weighted by molar-refractivity contribution is 0.296. The summed E-state index contributed by atoms with van der Waals surface area (Å²) >= 11 is 0. The highest BCUT2D eigenvalue weighted by Gasteiger charge is 2.19. The second-order valence-electron chi connectivity index (χ2n) is 7.93. The van der Waals surface area contributed by atoms with Crippen LogP contribution in [0.25, 0.3) is 0 Å². The van der Waals surface area contributed by atoms with Crippen molar-refractivity contribution >= 4 is 29.9 Å². The Hall–Kier alpha value is -1.61. The molecule has 2 rings (SSSR count). The predicted molar refractivity (Wildman–Crippen MR) is 131 cm³/mol. The number of rotatable bonds is 8. The van der Waals surface area contributed by atoms with Crippen LogP contribution in [0.5, 0.6) is 0 Å². The average molecular weight is 513 g/mol. The molecule has 29 heavy (non-hydrogen) atoms. The minimum absolute atomic E-state index is 0. The van der Waals surface area contributed by atoms with E-state index in [1.807, 2.05) is 0 Å². The van der Waals surface area contributed by atoms with Gasteiger partial charge in [-0.1, -0.05) is 58.9 Å². The van der Waals surface area contributed by atoms with Gasteiger partial charge in [-0.15, -0.1) is 24.0 Å². The van der Waals surface area contributed by atoms with Crippen LogP contribution in [-0.2, 0) is 25.0 Å². The molecule has 0 fully saturated rings. The van der Waals surface area contributed by atoms with Crippen LogP contribution in [0.3, 0.4) is 0 Å². The van der Waals surface area contributed by atoms with Gasteiger partial charge in [-0.2, -0.15) is 0 Å². The van der Waals surface area contributed by atoms with E-state index in [0.29, 0.717) is 19.0 Å². The lowest BCUT2D eigenvalue weighted by atomic mass is 9.94. The summed E-state index contributed by atoms with van der Waals surface area (Å²) in [5.41, 5.74) is 2.53. The van der Waals surface area contributed by atoms with Crippen LogP contribution in [0.4, 0.5) is 0 Å². The number of benzene rings is 1. The maximum atomic E-state index is 5.82. The van der Waals surface area contributed by atoms with Crippen LogP contribution in [-0.4, -0.2) is 36.0 Å². The fourth-order valence-electron chi connectivity index (χ4n) is 2.85. The minimum atomic E-state index is -0.0404. The van der Waals surface area contributed by atoms with Crippen LogP contribution in [0, 0.1) is 0 Å². The molecular weight excluding hydrogens is 477 g/mol. The Morgan fingerprint density at radius 3 is 2.34 bits per heavy atom. The van der Waals surface area contributed by atoms with Gasteiger partial charge in [0, 0.05) is 25.6 Å². The molecule has 0 spiro atoms. The normalized spacial score (nSPS) is 12.0. The number of aromatic nitrogens is 1. The van der Waals surface area contributed by atoms with Crippen LogP contribution in [0.15, 0.2) is 39.9 Å². The maximum absolute atomic E-state index is 5.82. The third-order valence-corrected chi connectivity index (χ3v) is 4.68. The van der Waals surface area contributed by atoms with Crippen molar-refractivity contribution in [2.45, 2.75) is 59.7 Å². The standard InChI is InChI=1S/C22H35N5O.HI/c1-7-27(8-2)16-18-11-9-10-17(12-18)13-25-21(23-6)26-15-20-24-14-19(28-20)22(3,4)5;/h9-12,14H,7-8,13,15-16H2,1-6H3,(H2,23,25,26);1H. The summed E-state index contributed by atoms with van der Waals surface area (Å²) in [6.45, 7) is 15.0. The van der Waals surface area contributed by atoms with E-state index in [2.05, 4.69) is 84.4 Å². The van der Waals surface area contributed by atoms with Crippen molar-refractivity contribution in [3.05, 3.63) is 53.2 Å². The topological polar surface area (TPSA) is 65.7 Å². The zero-order valence-corrected chi connectivity index (χ0v) is 20.9. The summed E-state index contributed by atoms with van der Waals surface area (Å²) in [6, 6.07) is 8.69. The molecule has 6 nitrogen and oxygen atoms in total. The second-order valence-corrected chi connectivity index (χ2v) is 7.93. The van der Waals surface area contributed by atoms with Crippen molar-refractivity contribution in [1.82, 2.24) is 20.5 Å². The smallest absolute Gasteiger partial charge is 0.213 e. The first kappa shape index (κ1) is 25.4. The molecule has 0 atom stereocenters. The molecule has 1 heterocycles. The van der Waals surface area contributed by atoms with E-state index >= 15 is 0 Å². The average Bonchev–Trinajstić information content (AvgIpc) is 3.16. The van der Waals surface area contributed by atoms with Crippen molar-refractivity contribution in [2.75, 3.05) is 20.1 Å². The van der Waals surface area contributed by atoms with Gasteiger partial charge in [-0.25, -0.2) is 4.98 Å². The van der Waals surface area contributed by atoms with Crippen molar-refractivity contribution < 1.29 is 4.42 Å². The van der Waals surface area contributed by atoms with Crippen molar-refractivity contribution in [1.29, 1.82) is 0 Å². The van der Waals surface area contributed by atoms with Crippen LogP contribution in [0.1, 0.15) is 57.4 Å². The van der Waals surface area contributed by atoms with Gasteiger partial charge < -0.3 is 15.1 Å². The highest BCUT2D eigenvalue weighted by Crippen LogP contribution is 2.22. The number of halogens is 1. The number of aliphatic imine (C=N–C) groups is 1. The number of oxazole rings is 1. The van der Waals surface area contributed by atoms with E-state index in [1.54, 1.807) is 13.2 Å². The molecule has 162 valence electrons. The highest BCUT2D eigenvalue weighted by molar-refractivity contribution is 14.0. The number of nitrogens with one attached hydrogen (secondary N) is 2. The fourth-order valence-corrected chi connectivity index (χ4v) is 2.85. The van der Waals surface area contributed by atoms with Gasteiger partial charge in [0.1, 0.15) is 5.76 Å². The lowest BCUT2D eigenvalue weighted by Gasteiger charge is -2.18. The Bertz CT molecular complexity index is 763. The van der Waals surface area contributed by atoms with E-state index in [0.717, 1.165) is 31.4 Å². The van der Waals surface area contributed by atoms with Gasteiger partial charge >= 0.3 is 0 Å². The van der Waals surface area contributed by atoms with E-state index in [1.165, 1.54) is 11.1 Å². The summed E-state index contributed by atoms with van der Waals surface area (Å²) in [5.74, 6) is 2.27. The number of hydrogen-bond acceptors (Lipinski definition) is 4. The Morgan fingerprint density at radius 1 is 1.10 bits per heavy atom. The van der Waals surface area contributed by atoms with E-state index < -0.39 is 0 Å². The molecule has 2 N–H and O–H groups in total. The summed E-state index contributed by atoms with van der Waals surface area (Å²) in [7, 11) is 1.77. The quantitative estimate of drug-likeness (QED) is 0.313. The molecule has 0 bridgehead atoms. The van der Waals surface area contributed by atoms with Gasteiger partial charge in [0.2, 0.25) is 5.89 Å². The molecule has 0 aliphatic carbocycles. The first-order chi connectivity index (χ1) is 13.4. The third kappa shape index (κ3) is 8.34. The first-order valence-electron chi connectivity index (χ1n) is 10.1.